The number of nitrogens with one attached hydrogen (secondary N) is 1. The first-order chi connectivity index (χ1) is 11.1. The van der Waals surface area contributed by atoms with Crippen LogP contribution in [0.15, 0.2) is 59.9 Å². The molecule has 1 aromatic heterocycles. The molecule has 0 unspecified atom stereocenters. The Morgan fingerprint density at radius 2 is 2.00 bits per heavy atom. The van der Waals surface area contributed by atoms with Crippen LogP contribution in [0.3, 0.4) is 0 Å². The van der Waals surface area contributed by atoms with E-state index in [1.807, 2.05) is 35.9 Å². The summed E-state index contributed by atoms with van der Waals surface area (Å²) in [6.45, 7) is 0. The lowest BCUT2D eigenvalue weighted by molar-refractivity contribution is -0.110. The molecule has 0 radical (unpaired) electrons. The molecule has 0 atom stereocenters. The Hall–Kier alpha value is -3.15. The molecule has 0 saturated heterocycles. The average Bonchev–Trinajstić information content (AvgIpc) is 2.86. The SMILES string of the molecule is Cn1cc(/C(=N\O)C(=O)Nc2cccc(F)c2)c2ccccc21. The largest absolute Gasteiger partial charge is 0.410 e. The number of carbonyl (C=O) groups is 1. The van der Waals surface area contributed by atoms with Crippen molar-refractivity contribution in [2.45, 2.75) is 0 Å². The van der Waals surface area contributed by atoms with Gasteiger partial charge >= 0.3 is 0 Å². The number of rotatable bonds is 3. The van der Waals surface area contributed by atoms with Crippen molar-refractivity contribution in [1.29, 1.82) is 0 Å². The first-order valence-corrected chi connectivity index (χ1v) is 6.93. The molecule has 2 aromatic carbocycles. The third-order valence-corrected chi connectivity index (χ3v) is 3.55. The number of anilines is 1. The number of oxime groups is 1. The molecular formula is C17H14FN3O2. The molecule has 5 nitrogen and oxygen atoms in total. The molecule has 6 heteroatoms. The fourth-order valence-corrected chi connectivity index (χ4v) is 2.51. The maximum atomic E-state index is 13.2. The maximum absolute atomic E-state index is 13.2. The fourth-order valence-electron chi connectivity index (χ4n) is 2.51. The number of halogens is 1. The molecular weight excluding hydrogens is 297 g/mol. The van der Waals surface area contributed by atoms with Gasteiger partial charge in [-0.2, -0.15) is 0 Å². The Balaban J connectivity index is 1.97. The van der Waals surface area contributed by atoms with Crippen molar-refractivity contribution in [3.05, 3.63) is 66.1 Å². The lowest BCUT2D eigenvalue weighted by Gasteiger charge is -2.06. The predicted octanol–water partition coefficient (Wildman–Crippen LogP) is 3.13. The summed E-state index contributed by atoms with van der Waals surface area (Å²) in [5.41, 5.74) is 1.56. The number of para-hydroxylation sites is 1. The Morgan fingerprint density at radius 1 is 1.22 bits per heavy atom. The van der Waals surface area contributed by atoms with E-state index in [-0.39, 0.29) is 11.4 Å². The zero-order valence-electron chi connectivity index (χ0n) is 12.3. The molecule has 3 aromatic rings. The molecule has 116 valence electrons. The van der Waals surface area contributed by atoms with E-state index in [0.29, 0.717) is 5.56 Å². The predicted molar refractivity (Wildman–Crippen MR) is 86.3 cm³/mol. The van der Waals surface area contributed by atoms with Crippen LogP contribution in [0.4, 0.5) is 10.1 Å². The van der Waals surface area contributed by atoms with Gasteiger partial charge in [0.1, 0.15) is 5.82 Å². The number of fused-ring (bicyclic) bond motifs is 1. The first-order valence-electron chi connectivity index (χ1n) is 6.93. The molecule has 2 N–H and O–H groups in total. The van der Waals surface area contributed by atoms with Crippen molar-refractivity contribution in [2.24, 2.45) is 12.2 Å². The molecule has 1 heterocycles. The Kier molecular flexibility index (Phi) is 3.80. The smallest absolute Gasteiger partial charge is 0.278 e. The molecule has 0 aliphatic heterocycles. The molecule has 0 fully saturated rings. The number of carbonyl (C=O) groups excluding carboxylic acids is 1. The highest BCUT2D eigenvalue weighted by atomic mass is 19.1. The summed E-state index contributed by atoms with van der Waals surface area (Å²) in [7, 11) is 1.84. The van der Waals surface area contributed by atoms with Crippen LogP contribution < -0.4 is 5.32 Å². The first kappa shape index (κ1) is 14.8. The van der Waals surface area contributed by atoms with Gasteiger partial charge in [0.05, 0.1) is 0 Å². The summed E-state index contributed by atoms with van der Waals surface area (Å²) in [5.74, 6) is -1.08. The lowest BCUT2D eigenvalue weighted by atomic mass is 10.1. The Labute approximate surface area is 131 Å². The van der Waals surface area contributed by atoms with E-state index in [2.05, 4.69) is 10.5 Å². The van der Waals surface area contributed by atoms with Crippen LogP contribution in [0.1, 0.15) is 5.56 Å². The number of hydrogen-bond acceptors (Lipinski definition) is 3. The number of aryl methyl sites for hydroxylation is 1. The van der Waals surface area contributed by atoms with Crippen LogP contribution in [-0.2, 0) is 11.8 Å². The van der Waals surface area contributed by atoms with E-state index < -0.39 is 11.7 Å². The van der Waals surface area contributed by atoms with Gasteiger partial charge in [-0.1, -0.05) is 29.4 Å². The number of nitrogens with zero attached hydrogens (tertiary/aromatic N) is 2. The molecule has 0 aliphatic carbocycles. The van der Waals surface area contributed by atoms with E-state index in [9.17, 15) is 14.4 Å². The minimum atomic E-state index is -0.616. The highest BCUT2D eigenvalue weighted by Gasteiger charge is 2.20. The number of hydrogen-bond donors (Lipinski definition) is 2. The number of amides is 1. The molecule has 0 bridgehead atoms. The van der Waals surface area contributed by atoms with Crippen molar-refractivity contribution in [3.8, 4) is 0 Å². The van der Waals surface area contributed by atoms with Crippen molar-refractivity contribution >= 4 is 28.2 Å². The third kappa shape index (κ3) is 2.78. The topological polar surface area (TPSA) is 66.6 Å². The van der Waals surface area contributed by atoms with Crippen LogP contribution in [0.25, 0.3) is 10.9 Å². The summed E-state index contributed by atoms with van der Waals surface area (Å²) in [6, 6.07) is 13.0. The standard InChI is InChI=1S/C17H14FN3O2/c1-21-10-14(13-7-2-3-8-15(13)21)16(20-23)17(22)19-12-6-4-5-11(18)9-12/h2-10,23H,1H3,(H,19,22)/b20-16+. The highest BCUT2D eigenvalue weighted by Crippen LogP contribution is 2.21. The second-order valence-electron chi connectivity index (χ2n) is 5.08. The van der Waals surface area contributed by atoms with E-state index >= 15 is 0 Å². The fraction of sp³-hybridized carbons (Fsp3) is 0.0588. The van der Waals surface area contributed by atoms with Crippen molar-refractivity contribution in [1.82, 2.24) is 4.57 Å². The third-order valence-electron chi connectivity index (χ3n) is 3.55. The average molecular weight is 311 g/mol. The van der Waals surface area contributed by atoms with Gasteiger partial charge in [0.2, 0.25) is 0 Å². The quantitative estimate of drug-likeness (QED) is 0.443. The van der Waals surface area contributed by atoms with E-state index in [0.717, 1.165) is 10.9 Å². The van der Waals surface area contributed by atoms with Crippen LogP contribution in [0.2, 0.25) is 0 Å². The van der Waals surface area contributed by atoms with Crippen molar-refractivity contribution in [2.75, 3.05) is 5.32 Å². The Bertz CT molecular complexity index is 915. The van der Waals surface area contributed by atoms with Gasteiger partial charge in [0.15, 0.2) is 5.71 Å². The number of aromatic nitrogens is 1. The summed E-state index contributed by atoms with van der Waals surface area (Å²) < 4.78 is 15.0. The molecule has 0 aliphatic rings. The Morgan fingerprint density at radius 3 is 2.74 bits per heavy atom. The molecule has 23 heavy (non-hydrogen) atoms. The second-order valence-corrected chi connectivity index (χ2v) is 5.08. The van der Waals surface area contributed by atoms with E-state index in [1.54, 1.807) is 12.3 Å². The van der Waals surface area contributed by atoms with Crippen LogP contribution in [0.5, 0.6) is 0 Å². The molecule has 1 amide bonds. The molecule has 3 rings (SSSR count). The monoisotopic (exact) mass is 311 g/mol. The highest BCUT2D eigenvalue weighted by molar-refractivity contribution is 6.50. The molecule has 0 spiro atoms. The van der Waals surface area contributed by atoms with Crippen molar-refractivity contribution in [3.63, 3.8) is 0 Å². The van der Waals surface area contributed by atoms with E-state index in [1.165, 1.54) is 18.2 Å². The second kappa shape index (κ2) is 5.92. The zero-order chi connectivity index (χ0) is 16.4. The lowest BCUT2D eigenvalue weighted by Crippen LogP contribution is -2.23. The minimum absolute atomic E-state index is 0.133. The summed E-state index contributed by atoms with van der Waals surface area (Å²) in [4.78, 5) is 12.4. The molecule has 0 saturated carbocycles. The van der Waals surface area contributed by atoms with Gasteiger partial charge in [0.25, 0.3) is 5.91 Å². The normalized spacial score (nSPS) is 11.7. The van der Waals surface area contributed by atoms with Gasteiger partial charge in [-0.25, -0.2) is 4.39 Å². The van der Waals surface area contributed by atoms with Crippen molar-refractivity contribution < 1.29 is 14.4 Å². The summed E-state index contributed by atoms with van der Waals surface area (Å²) in [5, 5.41) is 15.7. The van der Waals surface area contributed by atoms with Gasteiger partial charge in [-0.05, 0) is 24.3 Å². The summed E-state index contributed by atoms with van der Waals surface area (Å²) >= 11 is 0. The number of benzene rings is 2. The van der Waals surface area contributed by atoms with Crippen LogP contribution in [0, 0.1) is 5.82 Å². The minimum Gasteiger partial charge on any atom is -0.410 e. The van der Waals surface area contributed by atoms with Crippen LogP contribution >= 0.6 is 0 Å². The maximum Gasteiger partial charge on any atom is 0.278 e. The zero-order valence-corrected chi connectivity index (χ0v) is 12.3. The van der Waals surface area contributed by atoms with Gasteiger partial charge in [-0.15, -0.1) is 0 Å². The van der Waals surface area contributed by atoms with E-state index in [4.69, 9.17) is 0 Å². The summed E-state index contributed by atoms with van der Waals surface area (Å²) in [6.07, 6.45) is 1.71. The van der Waals surface area contributed by atoms with Gasteiger partial charge in [-0.3, -0.25) is 4.79 Å². The van der Waals surface area contributed by atoms with Gasteiger partial charge in [0, 0.05) is 35.4 Å². The van der Waals surface area contributed by atoms with Crippen LogP contribution in [-0.4, -0.2) is 21.4 Å². The van der Waals surface area contributed by atoms with Gasteiger partial charge < -0.3 is 15.1 Å².